The van der Waals surface area contributed by atoms with Crippen molar-refractivity contribution in [3.05, 3.63) is 106 Å². The molecule has 0 spiro atoms. The average molecular weight is 653 g/mol. The van der Waals surface area contributed by atoms with Crippen molar-refractivity contribution in [2.75, 3.05) is 39.6 Å². The highest BCUT2D eigenvalue weighted by Crippen LogP contribution is 2.37. The van der Waals surface area contributed by atoms with Gasteiger partial charge in [0.2, 0.25) is 10.0 Å². The number of carbonyl (C=O) groups excluding carboxylic acids is 1. The summed E-state index contributed by atoms with van der Waals surface area (Å²) in [4.78, 5) is 14.2. The lowest BCUT2D eigenvalue weighted by molar-refractivity contribution is -0.144. The number of carbonyl (C=O) groups is 1. The van der Waals surface area contributed by atoms with Crippen LogP contribution in [-0.2, 0) is 37.0 Å². The largest absolute Gasteiger partial charge is 0.468 e. The molecule has 2 atom stereocenters. The van der Waals surface area contributed by atoms with Crippen molar-refractivity contribution in [1.29, 1.82) is 0 Å². The van der Waals surface area contributed by atoms with Gasteiger partial charge in [-0.2, -0.15) is 17.5 Å². The zero-order valence-electron chi connectivity index (χ0n) is 24.5. The topological polar surface area (TPSA) is 76.2 Å². The van der Waals surface area contributed by atoms with Gasteiger partial charge in [0.25, 0.3) is 0 Å². The Morgan fingerprint density at radius 3 is 2.18 bits per heavy atom. The first-order valence-electron chi connectivity index (χ1n) is 14.2. The number of alkyl halides is 3. The third-order valence-corrected chi connectivity index (χ3v) is 9.41. The third kappa shape index (κ3) is 8.82. The molecule has 0 aliphatic carbocycles. The van der Waals surface area contributed by atoms with Gasteiger partial charge in [-0.15, -0.1) is 0 Å². The first-order valence-corrected chi connectivity index (χ1v) is 16.4. The van der Waals surface area contributed by atoms with Crippen LogP contribution in [0.15, 0.2) is 78.9 Å². The van der Waals surface area contributed by atoms with Gasteiger partial charge in [0, 0.05) is 45.1 Å². The van der Waals surface area contributed by atoms with Crippen LogP contribution in [0.25, 0.3) is 0 Å². The number of benzene rings is 3. The lowest BCUT2D eigenvalue weighted by Crippen LogP contribution is -2.40. The molecule has 7 nitrogen and oxygen atoms in total. The number of esters is 1. The first kappa shape index (κ1) is 33.9. The molecule has 1 fully saturated rings. The predicted molar refractivity (Wildman–Crippen MR) is 163 cm³/mol. The highest BCUT2D eigenvalue weighted by Gasteiger charge is 2.43. The molecule has 1 aliphatic rings. The number of sulfonamides is 1. The number of rotatable bonds is 13. The van der Waals surface area contributed by atoms with Crippen molar-refractivity contribution >= 4 is 27.6 Å². The van der Waals surface area contributed by atoms with E-state index in [2.05, 4.69) is 4.90 Å². The van der Waals surface area contributed by atoms with E-state index in [9.17, 15) is 26.4 Å². The first-order chi connectivity index (χ1) is 20.9. The summed E-state index contributed by atoms with van der Waals surface area (Å²) in [6.07, 6.45) is -3.36. The zero-order valence-corrected chi connectivity index (χ0v) is 26.1. The number of hydrogen-bond acceptors (Lipinski definition) is 6. The quantitative estimate of drug-likeness (QED) is 0.167. The highest BCUT2D eigenvalue weighted by molar-refractivity contribution is 7.88. The summed E-state index contributed by atoms with van der Waals surface area (Å²) in [5.41, 5.74) is 1.62. The summed E-state index contributed by atoms with van der Waals surface area (Å²) in [6.45, 7) is 1.42. The van der Waals surface area contributed by atoms with Crippen molar-refractivity contribution in [1.82, 2.24) is 9.21 Å². The summed E-state index contributed by atoms with van der Waals surface area (Å²) in [7, 11) is -2.44. The normalized spacial score (nSPS) is 17.8. The Morgan fingerprint density at radius 1 is 1.02 bits per heavy atom. The van der Waals surface area contributed by atoms with Gasteiger partial charge in [-0.3, -0.25) is 9.69 Å². The van der Waals surface area contributed by atoms with Crippen LogP contribution in [0.3, 0.4) is 0 Å². The van der Waals surface area contributed by atoms with Crippen LogP contribution < -0.4 is 0 Å². The molecule has 0 saturated carbocycles. The fraction of sp³-hybridized carbons (Fsp3) is 0.406. The van der Waals surface area contributed by atoms with Gasteiger partial charge in [-0.25, -0.2) is 8.42 Å². The van der Waals surface area contributed by atoms with E-state index < -0.39 is 39.9 Å². The summed E-state index contributed by atoms with van der Waals surface area (Å²) in [5.74, 6) is -0.708. The van der Waals surface area contributed by atoms with E-state index in [0.717, 1.165) is 27.8 Å². The van der Waals surface area contributed by atoms with Crippen LogP contribution in [0, 0.1) is 0 Å². The van der Waals surface area contributed by atoms with Crippen LogP contribution in [0.4, 0.5) is 13.2 Å². The number of hydrogen-bond donors (Lipinski definition) is 0. The van der Waals surface area contributed by atoms with E-state index in [-0.39, 0.29) is 37.1 Å². The number of halogens is 4. The van der Waals surface area contributed by atoms with Gasteiger partial charge in [0.05, 0.1) is 30.1 Å². The van der Waals surface area contributed by atoms with Crippen LogP contribution in [0.2, 0.25) is 5.02 Å². The Balaban J connectivity index is 1.52. The molecule has 0 bridgehead atoms. The molecule has 0 amide bonds. The smallest absolute Gasteiger partial charge is 0.417 e. The number of nitrogens with zero attached hydrogens (tertiary/aromatic N) is 2. The fourth-order valence-corrected chi connectivity index (χ4v) is 6.94. The maximum Gasteiger partial charge on any atom is 0.417 e. The van der Waals surface area contributed by atoms with E-state index in [4.69, 9.17) is 21.1 Å². The number of methoxy groups -OCH3 is 1. The lowest BCUT2D eigenvalue weighted by Gasteiger charge is -2.29. The van der Waals surface area contributed by atoms with Crippen molar-refractivity contribution < 1.29 is 35.9 Å². The Morgan fingerprint density at radius 2 is 1.64 bits per heavy atom. The molecule has 0 radical (unpaired) electrons. The number of ether oxygens (including phenoxy) is 2. The van der Waals surface area contributed by atoms with Crippen molar-refractivity contribution in [3.8, 4) is 0 Å². The molecule has 44 heavy (non-hydrogen) atoms. The molecular weight excluding hydrogens is 617 g/mol. The molecule has 0 aromatic heterocycles. The average Bonchev–Trinajstić information content (AvgIpc) is 3.44. The van der Waals surface area contributed by atoms with Gasteiger partial charge in [0.15, 0.2) is 0 Å². The maximum absolute atomic E-state index is 13.6. The van der Waals surface area contributed by atoms with Gasteiger partial charge in [0.1, 0.15) is 6.04 Å². The summed E-state index contributed by atoms with van der Waals surface area (Å²) < 4.78 is 77.2. The summed E-state index contributed by atoms with van der Waals surface area (Å²) >= 11 is 6.29. The Labute approximate surface area is 261 Å². The minimum Gasteiger partial charge on any atom is -0.468 e. The summed E-state index contributed by atoms with van der Waals surface area (Å²) in [5, 5.41) is -0.321. The van der Waals surface area contributed by atoms with Gasteiger partial charge < -0.3 is 9.47 Å². The SMILES string of the molecule is COC(=O)[C@@H]1CC(OCCCN(Cc2cccc(C(F)(F)F)c2Cl)CC(c2ccccc2)c2ccccc2)CN1S(C)(=O)=O. The second kappa shape index (κ2) is 14.9. The van der Waals surface area contributed by atoms with Crippen LogP contribution >= 0.6 is 11.6 Å². The minimum atomic E-state index is -4.58. The van der Waals surface area contributed by atoms with Gasteiger partial charge in [-0.1, -0.05) is 84.4 Å². The van der Waals surface area contributed by atoms with E-state index in [1.807, 2.05) is 60.7 Å². The molecule has 3 aromatic carbocycles. The van der Waals surface area contributed by atoms with E-state index >= 15 is 0 Å². The monoisotopic (exact) mass is 652 g/mol. The molecule has 12 heteroatoms. The molecule has 238 valence electrons. The molecule has 1 aliphatic heterocycles. The zero-order chi connectivity index (χ0) is 31.9. The van der Waals surface area contributed by atoms with Crippen LogP contribution in [0.1, 0.15) is 41.0 Å². The fourth-order valence-electron chi connectivity index (χ4n) is 5.57. The van der Waals surface area contributed by atoms with Crippen molar-refractivity contribution in [2.45, 2.75) is 43.6 Å². The Bertz CT molecular complexity index is 1450. The maximum atomic E-state index is 13.6. The Kier molecular flexibility index (Phi) is 11.5. The van der Waals surface area contributed by atoms with Gasteiger partial charge >= 0.3 is 12.1 Å². The molecule has 0 N–H and O–H groups in total. The van der Waals surface area contributed by atoms with Crippen molar-refractivity contribution in [2.24, 2.45) is 0 Å². The molecule has 1 heterocycles. The highest BCUT2D eigenvalue weighted by atomic mass is 35.5. The molecule has 3 aromatic rings. The van der Waals surface area contributed by atoms with E-state index in [1.54, 1.807) is 6.07 Å². The molecule has 1 unspecified atom stereocenters. The lowest BCUT2D eigenvalue weighted by atomic mass is 9.90. The van der Waals surface area contributed by atoms with E-state index in [1.165, 1.54) is 13.2 Å². The molecule has 4 rings (SSSR count). The van der Waals surface area contributed by atoms with Crippen molar-refractivity contribution in [3.63, 3.8) is 0 Å². The molecular formula is C32H36ClF3N2O5S. The van der Waals surface area contributed by atoms with Gasteiger partial charge in [-0.05, 0) is 29.2 Å². The summed E-state index contributed by atoms with van der Waals surface area (Å²) in [6, 6.07) is 22.8. The second-order valence-corrected chi connectivity index (χ2v) is 13.2. The van der Waals surface area contributed by atoms with E-state index in [0.29, 0.717) is 25.1 Å². The van der Waals surface area contributed by atoms with Crippen LogP contribution in [-0.4, -0.2) is 75.3 Å². The third-order valence-electron chi connectivity index (χ3n) is 7.71. The predicted octanol–water partition coefficient (Wildman–Crippen LogP) is 5.98. The van der Waals surface area contributed by atoms with Crippen LogP contribution in [0.5, 0.6) is 0 Å². The standard InChI is InChI=1S/C32H36ClF3N2O5S/c1-42-31(39)29-19-26(21-38(29)44(2,40)41)43-18-10-17-37(20-25-15-9-16-28(30(25)33)32(34,35)36)22-27(23-11-5-3-6-12-23)24-13-7-4-8-14-24/h3-9,11-16,26-27,29H,10,17-22H2,1-2H3/t26?,29-/m0/s1. The second-order valence-electron chi connectivity index (χ2n) is 10.8. The molecule has 1 saturated heterocycles. The Hall–Kier alpha value is -2.96. The minimum absolute atomic E-state index is 0.0340.